The molecule has 0 unspecified atom stereocenters. The van der Waals surface area contributed by atoms with E-state index >= 15 is 0 Å². The van der Waals surface area contributed by atoms with E-state index in [0.717, 1.165) is 11.1 Å². The van der Waals surface area contributed by atoms with Crippen molar-refractivity contribution in [1.29, 1.82) is 0 Å². The van der Waals surface area contributed by atoms with Gasteiger partial charge in [-0.3, -0.25) is 14.4 Å². The van der Waals surface area contributed by atoms with Crippen LogP contribution in [0.25, 0.3) is 0 Å². The summed E-state index contributed by atoms with van der Waals surface area (Å²) in [5.41, 5.74) is 2.69. The van der Waals surface area contributed by atoms with Crippen molar-refractivity contribution < 1.29 is 14.4 Å². The highest BCUT2D eigenvalue weighted by atomic mass is 16.2. The minimum atomic E-state index is -0.797. The van der Waals surface area contributed by atoms with Crippen molar-refractivity contribution >= 4 is 23.4 Å². The second-order valence-electron chi connectivity index (χ2n) is 6.78. The summed E-state index contributed by atoms with van der Waals surface area (Å²) < 4.78 is 0. The van der Waals surface area contributed by atoms with E-state index in [-0.39, 0.29) is 11.8 Å². The Kier molecular flexibility index (Phi) is 7.11. The van der Waals surface area contributed by atoms with Crippen molar-refractivity contribution in [1.82, 2.24) is 10.6 Å². The molecule has 3 amide bonds. The van der Waals surface area contributed by atoms with Crippen molar-refractivity contribution in [2.75, 3.05) is 11.9 Å². The first kappa shape index (κ1) is 20.2. The molecule has 0 aliphatic carbocycles. The van der Waals surface area contributed by atoms with Crippen LogP contribution < -0.4 is 16.0 Å². The number of nitrogens with one attached hydrogen (secondary N) is 3. The molecule has 27 heavy (non-hydrogen) atoms. The van der Waals surface area contributed by atoms with E-state index in [9.17, 15) is 14.4 Å². The van der Waals surface area contributed by atoms with Gasteiger partial charge in [0.15, 0.2) is 0 Å². The van der Waals surface area contributed by atoms with Crippen LogP contribution in [-0.2, 0) is 16.1 Å². The summed E-state index contributed by atoms with van der Waals surface area (Å²) in [7, 11) is 0. The van der Waals surface area contributed by atoms with Crippen molar-refractivity contribution in [2.24, 2.45) is 5.92 Å². The minimum absolute atomic E-state index is 0.237. The van der Waals surface area contributed by atoms with E-state index in [0.29, 0.717) is 24.3 Å². The number of rotatable bonds is 6. The van der Waals surface area contributed by atoms with Gasteiger partial charge in [-0.1, -0.05) is 55.8 Å². The number of hydrogen-bond donors (Lipinski definition) is 3. The van der Waals surface area contributed by atoms with E-state index in [1.54, 1.807) is 24.3 Å². The second kappa shape index (κ2) is 9.52. The zero-order chi connectivity index (χ0) is 19.8. The Morgan fingerprint density at radius 3 is 2.37 bits per heavy atom. The molecule has 2 aromatic rings. The Bertz CT molecular complexity index is 831. The lowest BCUT2D eigenvalue weighted by Gasteiger charge is -2.12. The first-order valence-electron chi connectivity index (χ1n) is 8.88. The van der Waals surface area contributed by atoms with E-state index < -0.39 is 11.8 Å². The summed E-state index contributed by atoms with van der Waals surface area (Å²) in [6, 6.07) is 14.4. The molecular formula is C21H25N3O3. The summed E-state index contributed by atoms with van der Waals surface area (Å²) in [6.45, 7) is 6.64. The lowest BCUT2D eigenvalue weighted by molar-refractivity contribution is -0.136. The SMILES string of the molecule is Cc1cccc(CNC(=O)c2ccccc2NC(=O)C(=O)NCC(C)C)c1. The van der Waals surface area contributed by atoms with Crippen LogP contribution in [0.2, 0.25) is 0 Å². The molecule has 142 valence electrons. The molecule has 0 saturated carbocycles. The number of aryl methyl sites for hydroxylation is 1. The normalized spacial score (nSPS) is 10.4. The highest BCUT2D eigenvalue weighted by Crippen LogP contribution is 2.15. The highest BCUT2D eigenvalue weighted by Gasteiger charge is 2.17. The van der Waals surface area contributed by atoms with Gasteiger partial charge in [0.2, 0.25) is 0 Å². The van der Waals surface area contributed by atoms with Crippen molar-refractivity contribution in [3.63, 3.8) is 0 Å². The number of anilines is 1. The van der Waals surface area contributed by atoms with Gasteiger partial charge in [-0.15, -0.1) is 0 Å². The topological polar surface area (TPSA) is 87.3 Å². The molecule has 2 rings (SSSR count). The number of benzene rings is 2. The van der Waals surface area contributed by atoms with Gasteiger partial charge in [-0.25, -0.2) is 0 Å². The minimum Gasteiger partial charge on any atom is -0.348 e. The van der Waals surface area contributed by atoms with Crippen molar-refractivity contribution in [2.45, 2.75) is 27.3 Å². The van der Waals surface area contributed by atoms with Crippen LogP contribution in [0.4, 0.5) is 5.69 Å². The smallest absolute Gasteiger partial charge is 0.313 e. The molecule has 0 aliphatic rings. The Balaban J connectivity index is 2.02. The van der Waals surface area contributed by atoms with Gasteiger partial charge in [-0.2, -0.15) is 0 Å². The molecule has 6 heteroatoms. The molecule has 0 heterocycles. The summed E-state index contributed by atoms with van der Waals surface area (Å²) in [6.07, 6.45) is 0. The Morgan fingerprint density at radius 1 is 0.926 bits per heavy atom. The predicted molar refractivity (Wildman–Crippen MR) is 105 cm³/mol. The van der Waals surface area contributed by atoms with E-state index in [2.05, 4.69) is 16.0 Å². The van der Waals surface area contributed by atoms with Crippen LogP contribution in [0.5, 0.6) is 0 Å². The third kappa shape index (κ3) is 6.26. The molecule has 0 fully saturated rings. The molecule has 0 aliphatic heterocycles. The first-order valence-corrected chi connectivity index (χ1v) is 8.88. The van der Waals surface area contributed by atoms with Crippen LogP contribution in [0, 0.1) is 12.8 Å². The molecular weight excluding hydrogens is 342 g/mol. The van der Waals surface area contributed by atoms with E-state index in [1.807, 2.05) is 45.0 Å². The van der Waals surface area contributed by atoms with Crippen molar-refractivity contribution in [3.8, 4) is 0 Å². The fourth-order valence-electron chi connectivity index (χ4n) is 2.45. The van der Waals surface area contributed by atoms with Gasteiger partial charge in [0.1, 0.15) is 0 Å². The average Bonchev–Trinajstić information content (AvgIpc) is 2.64. The average molecular weight is 367 g/mol. The Morgan fingerprint density at radius 2 is 1.67 bits per heavy atom. The molecule has 2 aromatic carbocycles. The number of carbonyl (C=O) groups excluding carboxylic acids is 3. The molecule has 0 atom stereocenters. The maximum Gasteiger partial charge on any atom is 0.313 e. The molecule has 0 radical (unpaired) electrons. The van der Waals surface area contributed by atoms with Crippen LogP contribution >= 0.6 is 0 Å². The second-order valence-corrected chi connectivity index (χ2v) is 6.78. The van der Waals surface area contributed by atoms with Crippen LogP contribution in [-0.4, -0.2) is 24.3 Å². The predicted octanol–water partition coefficient (Wildman–Crippen LogP) is 2.64. The monoisotopic (exact) mass is 367 g/mol. The van der Waals surface area contributed by atoms with Gasteiger partial charge < -0.3 is 16.0 Å². The van der Waals surface area contributed by atoms with Gasteiger partial charge in [0.05, 0.1) is 11.3 Å². The van der Waals surface area contributed by atoms with E-state index in [1.165, 1.54) is 0 Å². The third-order valence-corrected chi connectivity index (χ3v) is 3.83. The molecule has 0 spiro atoms. The quantitative estimate of drug-likeness (QED) is 0.686. The van der Waals surface area contributed by atoms with Crippen LogP contribution in [0.1, 0.15) is 35.3 Å². The van der Waals surface area contributed by atoms with Crippen LogP contribution in [0.3, 0.4) is 0 Å². The largest absolute Gasteiger partial charge is 0.348 e. The molecule has 3 N–H and O–H groups in total. The summed E-state index contributed by atoms with van der Waals surface area (Å²) in [5.74, 6) is -1.61. The highest BCUT2D eigenvalue weighted by molar-refractivity contribution is 6.40. The van der Waals surface area contributed by atoms with Gasteiger partial charge in [0, 0.05) is 13.1 Å². The van der Waals surface area contributed by atoms with Gasteiger partial charge in [0.25, 0.3) is 5.91 Å². The van der Waals surface area contributed by atoms with Gasteiger partial charge in [-0.05, 0) is 30.5 Å². The Hall–Kier alpha value is -3.15. The molecule has 0 saturated heterocycles. The lowest BCUT2D eigenvalue weighted by Crippen LogP contribution is -2.37. The number of para-hydroxylation sites is 1. The maximum atomic E-state index is 12.5. The number of amides is 3. The van der Waals surface area contributed by atoms with Crippen molar-refractivity contribution in [3.05, 3.63) is 65.2 Å². The fourth-order valence-corrected chi connectivity index (χ4v) is 2.45. The lowest BCUT2D eigenvalue weighted by atomic mass is 10.1. The molecule has 6 nitrogen and oxygen atoms in total. The van der Waals surface area contributed by atoms with Gasteiger partial charge >= 0.3 is 11.8 Å². The zero-order valence-corrected chi connectivity index (χ0v) is 15.8. The fraction of sp³-hybridized carbons (Fsp3) is 0.286. The first-order chi connectivity index (χ1) is 12.9. The van der Waals surface area contributed by atoms with Crippen LogP contribution in [0.15, 0.2) is 48.5 Å². The summed E-state index contributed by atoms with van der Waals surface area (Å²) in [4.78, 5) is 36.4. The molecule has 0 aromatic heterocycles. The summed E-state index contributed by atoms with van der Waals surface area (Å²) >= 11 is 0. The summed E-state index contributed by atoms with van der Waals surface area (Å²) in [5, 5.41) is 7.90. The zero-order valence-electron chi connectivity index (χ0n) is 15.8. The number of carbonyl (C=O) groups is 3. The third-order valence-electron chi connectivity index (χ3n) is 3.83. The maximum absolute atomic E-state index is 12.5. The molecule has 0 bridgehead atoms. The van der Waals surface area contributed by atoms with E-state index in [4.69, 9.17) is 0 Å². The Labute approximate surface area is 159 Å². The number of hydrogen-bond acceptors (Lipinski definition) is 3. The standard InChI is InChI=1S/C21H25N3O3/c1-14(2)12-22-20(26)21(27)24-18-10-5-4-9-17(18)19(25)23-13-16-8-6-7-15(3)11-16/h4-11,14H,12-13H2,1-3H3,(H,22,26)(H,23,25)(H,24,27).